The summed E-state index contributed by atoms with van der Waals surface area (Å²) in [5.74, 6) is -0.209. The van der Waals surface area contributed by atoms with Gasteiger partial charge in [0.05, 0.1) is 31.6 Å². The van der Waals surface area contributed by atoms with Crippen molar-refractivity contribution in [2.24, 2.45) is 11.8 Å². The first kappa shape index (κ1) is 15.0. The van der Waals surface area contributed by atoms with Gasteiger partial charge in [0, 0.05) is 11.7 Å². The number of rotatable bonds is 4. The highest BCUT2D eigenvalue weighted by Crippen LogP contribution is 2.52. The SMILES string of the molecule is COc1ccc(N2C[C@@]34C=C[C@H](O3)[C@H](C(=O)NC3CC3)[C@@H]4C2=O)cc1. The number of amides is 2. The molecule has 0 radical (unpaired) electrons. The van der Waals surface area contributed by atoms with E-state index in [-0.39, 0.29) is 24.0 Å². The van der Waals surface area contributed by atoms with E-state index >= 15 is 0 Å². The Morgan fingerprint density at radius 3 is 2.76 bits per heavy atom. The van der Waals surface area contributed by atoms with Crippen molar-refractivity contribution in [3.63, 3.8) is 0 Å². The van der Waals surface area contributed by atoms with E-state index in [9.17, 15) is 9.59 Å². The predicted molar refractivity (Wildman–Crippen MR) is 90.2 cm³/mol. The summed E-state index contributed by atoms with van der Waals surface area (Å²) in [5, 5.41) is 3.04. The number of anilines is 1. The predicted octanol–water partition coefficient (Wildman–Crippen LogP) is 1.26. The minimum atomic E-state index is -0.673. The Bertz CT molecular complexity index is 770. The lowest BCUT2D eigenvalue weighted by molar-refractivity contribution is -0.132. The van der Waals surface area contributed by atoms with Gasteiger partial charge >= 0.3 is 0 Å². The van der Waals surface area contributed by atoms with Crippen LogP contribution < -0.4 is 15.0 Å². The number of hydrogen-bond acceptors (Lipinski definition) is 4. The summed E-state index contributed by atoms with van der Waals surface area (Å²) in [6.45, 7) is 0.447. The lowest BCUT2D eigenvalue weighted by Gasteiger charge is -2.23. The van der Waals surface area contributed by atoms with E-state index in [4.69, 9.17) is 9.47 Å². The summed E-state index contributed by atoms with van der Waals surface area (Å²) in [6, 6.07) is 7.67. The Morgan fingerprint density at radius 2 is 2.08 bits per heavy atom. The normalized spacial score (nSPS) is 35.2. The van der Waals surface area contributed by atoms with Crippen LogP contribution in [-0.4, -0.2) is 43.2 Å². The van der Waals surface area contributed by atoms with Crippen molar-refractivity contribution < 1.29 is 19.1 Å². The van der Waals surface area contributed by atoms with Crippen molar-refractivity contribution in [1.29, 1.82) is 0 Å². The molecule has 3 aliphatic heterocycles. The lowest BCUT2D eigenvalue weighted by Crippen LogP contribution is -2.44. The van der Waals surface area contributed by atoms with Crippen LogP contribution in [0.1, 0.15) is 12.8 Å². The molecule has 6 nitrogen and oxygen atoms in total. The van der Waals surface area contributed by atoms with Crippen molar-refractivity contribution in [3.05, 3.63) is 36.4 Å². The average molecular weight is 340 g/mol. The number of benzene rings is 1. The number of methoxy groups -OCH3 is 1. The average Bonchev–Trinajstić information content (AvgIpc) is 3.15. The molecule has 1 spiro atoms. The summed E-state index contributed by atoms with van der Waals surface area (Å²) in [6.07, 6.45) is 5.69. The molecular formula is C19H20N2O4. The van der Waals surface area contributed by atoms with E-state index in [0.29, 0.717) is 6.54 Å². The molecular weight excluding hydrogens is 320 g/mol. The molecule has 1 aromatic rings. The summed E-state index contributed by atoms with van der Waals surface area (Å²) in [5.41, 5.74) is 0.129. The first-order chi connectivity index (χ1) is 12.1. The van der Waals surface area contributed by atoms with Gasteiger partial charge in [-0.3, -0.25) is 9.59 Å². The second-order valence-electron chi connectivity index (χ2n) is 7.31. The molecule has 4 aliphatic rings. The van der Waals surface area contributed by atoms with Crippen molar-refractivity contribution in [2.75, 3.05) is 18.6 Å². The summed E-state index contributed by atoms with van der Waals surface area (Å²) in [4.78, 5) is 27.6. The lowest BCUT2D eigenvalue weighted by atomic mass is 9.77. The molecule has 130 valence electrons. The summed E-state index contributed by atoms with van der Waals surface area (Å²) in [7, 11) is 1.61. The largest absolute Gasteiger partial charge is 0.497 e. The van der Waals surface area contributed by atoms with Crippen LogP contribution in [0.25, 0.3) is 0 Å². The van der Waals surface area contributed by atoms with E-state index in [1.54, 1.807) is 12.0 Å². The van der Waals surface area contributed by atoms with Gasteiger partial charge in [0.1, 0.15) is 11.4 Å². The van der Waals surface area contributed by atoms with Gasteiger partial charge in [-0.05, 0) is 37.1 Å². The van der Waals surface area contributed by atoms with Crippen LogP contribution in [0, 0.1) is 11.8 Å². The zero-order chi connectivity index (χ0) is 17.2. The standard InChI is InChI=1S/C19H20N2O4/c1-24-13-6-4-12(5-7-13)21-10-19-9-8-14(25-19)15(16(19)18(21)23)17(22)20-11-2-3-11/h4-9,11,14-16H,2-3,10H2,1H3,(H,20,22)/t14-,15-,16+,19+/m0/s1. The van der Waals surface area contributed by atoms with Crippen molar-refractivity contribution in [1.82, 2.24) is 5.32 Å². The molecule has 25 heavy (non-hydrogen) atoms. The number of carbonyl (C=O) groups is 2. The van der Waals surface area contributed by atoms with Gasteiger partial charge in [0.15, 0.2) is 0 Å². The zero-order valence-corrected chi connectivity index (χ0v) is 14.0. The monoisotopic (exact) mass is 340 g/mol. The number of carbonyl (C=O) groups excluding carboxylic acids is 2. The molecule has 3 fully saturated rings. The fraction of sp³-hybridized carbons (Fsp3) is 0.474. The first-order valence-corrected chi connectivity index (χ1v) is 8.74. The highest BCUT2D eigenvalue weighted by Gasteiger charge is 2.67. The number of nitrogens with zero attached hydrogens (tertiary/aromatic N) is 1. The molecule has 2 bridgehead atoms. The zero-order valence-electron chi connectivity index (χ0n) is 14.0. The Labute approximate surface area is 145 Å². The molecule has 1 aliphatic carbocycles. The van der Waals surface area contributed by atoms with Crippen LogP contribution >= 0.6 is 0 Å². The third-order valence-corrected chi connectivity index (χ3v) is 5.71. The Kier molecular flexibility index (Phi) is 3.04. The summed E-state index contributed by atoms with van der Waals surface area (Å²) >= 11 is 0. The molecule has 6 heteroatoms. The maximum absolute atomic E-state index is 13.1. The minimum Gasteiger partial charge on any atom is -0.497 e. The van der Waals surface area contributed by atoms with Crippen LogP contribution in [0.2, 0.25) is 0 Å². The molecule has 3 heterocycles. The number of hydrogen-bond donors (Lipinski definition) is 1. The molecule has 1 aromatic carbocycles. The van der Waals surface area contributed by atoms with E-state index in [2.05, 4.69) is 5.32 Å². The van der Waals surface area contributed by atoms with Crippen molar-refractivity contribution >= 4 is 17.5 Å². The second-order valence-corrected chi connectivity index (χ2v) is 7.31. The molecule has 0 aromatic heterocycles. The number of nitrogens with one attached hydrogen (secondary N) is 1. The Morgan fingerprint density at radius 1 is 1.32 bits per heavy atom. The van der Waals surface area contributed by atoms with E-state index in [1.807, 2.05) is 36.4 Å². The van der Waals surface area contributed by atoms with Crippen LogP contribution in [0.3, 0.4) is 0 Å². The smallest absolute Gasteiger partial charge is 0.234 e. The van der Waals surface area contributed by atoms with Crippen LogP contribution in [0.4, 0.5) is 5.69 Å². The van der Waals surface area contributed by atoms with Crippen LogP contribution in [-0.2, 0) is 14.3 Å². The van der Waals surface area contributed by atoms with Gasteiger partial charge < -0.3 is 19.7 Å². The molecule has 0 unspecified atom stereocenters. The first-order valence-electron chi connectivity index (χ1n) is 8.74. The van der Waals surface area contributed by atoms with Crippen molar-refractivity contribution in [3.8, 4) is 5.75 Å². The minimum absolute atomic E-state index is 0.0343. The Hall–Kier alpha value is -2.34. The van der Waals surface area contributed by atoms with E-state index in [0.717, 1.165) is 24.3 Å². The maximum atomic E-state index is 13.1. The Balaban J connectivity index is 1.44. The summed E-state index contributed by atoms with van der Waals surface area (Å²) < 4.78 is 11.3. The third-order valence-electron chi connectivity index (χ3n) is 5.71. The maximum Gasteiger partial charge on any atom is 0.234 e. The van der Waals surface area contributed by atoms with Gasteiger partial charge in [0.25, 0.3) is 0 Å². The highest BCUT2D eigenvalue weighted by molar-refractivity contribution is 6.03. The fourth-order valence-electron chi connectivity index (χ4n) is 4.30. The van der Waals surface area contributed by atoms with Crippen LogP contribution in [0.5, 0.6) is 5.75 Å². The highest BCUT2D eigenvalue weighted by atomic mass is 16.5. The third kappa shape index (κ3) is 2.13. The number of fused-ring (bicyclic) bond motifs is 1. The second kappa shape index (κ2) is 5.08. The molecule has 4 atom stereocenters. The van der Waals surface area contributed by atoms with E-state index < -0.39 is 17.4 Å². The molecule has 2 amide bonds. The molecule has 1 saturated carbocycles. The quantitative estimate of drug-likeness (QED) is 0.838. The fourth-order valence-corrected chi connectivity index (χ4v) is 4.30. The molecule has 2 saturated heterocycles. The van der Waals surface area contributed by atoms with Crippen LogP contribution in [0.15, 0.2) is 36.4 Å². The molecule has 1 N–H and O–H groups in total. The number of ether oxygens (including phenoxy) is 2. The van der Waals surface area contributed by atoms with Gasteiger partial charge in [-0.15, -0.1) is 0 Å². The topological polar surface area (TPSA) is 67.9 Å². The molecule has 5 rings (SSSR count). The van der Waals surface area contributed by atoms with Gasteiger partial charge in [-0.2, -0.15) is 0 Å². The van der Waals surface area contributed by atoms with Gasteiger partial charge in [0.2, 0.25) is 11.8 Å². The van der Waals surface area contributed by atoms with Gasteiger partial charge in [-0.1, -0.05) is 12.2 Å². The van der Waals surface area contributed by atoms with Crippen molar-refractivity contribution in [2.45, 2.75) is 30.6 Å². The van der Waals surface area contributed by atoms with Gasteiger partial charge in [-0.25, -0.2) is 0 Å². The van der Waals surface area contributed by atoms with E-state index in [1.165, 1.54) is 0 Å².